The number of rotatable bonds is 4. The van der Waals surface area contributed by atoms with E-state index in [-0.39, 0.29) is 11.6 Å². The van der Waals surface area contributed by atoms with E-state index in [1.807, 2.05) is 0 Å². The van der Waals surface area contributed by atoms with Crippen LogP contribution in [0.1, 0.15) is 10.5 Å². The summed E-state index contributed by atoms with van der Waals surface area (Å²) in [5.74, 6) is -0.973. The fourth-order valence-corrected chi connectivity index (χ4v) is 1.39. The molecule has 2 aromatic rings. The summed E-state index contributed by atoms with van der Waals surface area (Å²) in [6.45, 7) is 1.07. The number of hydrogen-bond donors (Lipinski definition) is 2. The highest BCUT2D eigenvalue weighted by Crippen LogP contribution is 2.07. The summed E-state index contributed by atoms with van der Waals surface area (Å²) in [6, 6.07) is 2.60. The Hall–Kier alpha value is -2.28. The van der Waals surface area contributed by atoms with Crippen molar-refractivity contribution in [3.8, 4) is 0 Å². The van der Waals surface area contributed by atoms with E-state index in [0.717, 1.165) is 0 Å². The van der Waals surface area contributed by atoms with E-state index < -0.39 is 5.95 Å². The lowest BCUT2D eigenvalue weighted by Gasteiger charge is -2.01. The topological polar surface area (TPSA) is 85.8 Å². The van der Waals surface area contributed by atoms with Gasteiger partial charge in [-0.15, -0.1) is 0 Å². The maximum atomic E-state index is 12.6. The van der Waals surface area contributed by atoms with Gasteiger partial charge in [0.05, 0.1) is 18.2 Å². The Bertz CT molecular complexity index is 537. The second-order valence-corrected chi connectivity index (χ2v) is 3.61. The second-order valence-electron chi connectivity index (χ2n) is 3.61. The van der Waals surface area contributed by atoms with Crippen LogP contribution in [0.2, 0.25) is 0 Å². The number of nitrogens with zero attached hydrogens (tertiary/aromatic N) is 3. The minimum atomic E-state index is -0.597. The van der Waals surface area contributed by atoms with E-state index in [1.165, 1.54) is 24.7 Å². The first kappa shape index (κ1) is 12.2. The number of nitrogens with two attached hydrogens (primary N) is 1. The van der Waals surface area contributed by atoms with Crippen LogP contribution in [0.3, 0.4) is 0 Å². The van der Waals surface area contributed by atoms with Crippen molar-refractivity contribution in [2.24, 2.45) is 5.73 Å². The zero-order valence-corrected chi connectivity index (χ0v) is 9.51. The molecule has 2 heterocycles. The molecule has 94 valence electrons. The van der Waals surface area contributed by atoms with Gasteiger partial charge in [0.2, 0.25) is 5.95 Å². The van der Waals surface area contributed by atoms with Gasteiger partial charge < -0.3 is 15.6 Å². The summed E-state index contributed by atoms with van der Waals surface area (Å²) in [4.78, 5) is 19.2. The van der Waals surface area contributed by atoms with Gasteiger partial charge in [0.1, 0.15) is 5.69 Å². The lowest BCUT2D eigenvalue weighted by atomic mass is 10.4. The molecule has 1 amide bonds. The average Bonchev–Trinajstić information content (AvgIpc) is 2.81. The maximum absolute atomic E-state index is 12.6. The van der Waals surface area contributed by atoms with Crippen LogP contribution in [0.15, 0.2) is 30.9 Å². The van der Waals surface area contributed by atoms with Crippen molar-refractivity contribution >= 4 is 11.6 Å². The molecule has 18 heavy (non-hydrogen) atoms. The smallest absolute Gasteiger partial charge is 0.275 e. The third-order valence-electron chi connectivity index (χ3n) is 2.24. The Kier molecular flexibility index (Phi) is 3.63. The number of imidazole rings is 1. The standard InChI is InChI=1S/C11H12FN5O/c12-10-2-1-8(5-14-10)16-11(18)9-6-17(4-3-13)7-15-9/h1-2,5-7H,3-4,13H2,(H,16,18). The van der Waals surface area contributed by atoms with E-state index in [0.29, 0.717) is 18.8 Å². The van der Waals surface area contributed by atoms with Gasteiger partial charge in [0, 0.05) is 19.3 Å². The van der Waals surface area contributed by atoms with E-state index in [2.05, 4.69) is 15.3 Å². The van der Waals surface area contributed by atoms with Crippen molar-refractivity contribution in [1.82, 2.24) is 14.5 Å². The normalized spacial score (nSPS) is 10.3. The molecule has 6 nitrogen and oxygen atoms in total. The lowest BCUT2D eigenvalue weighted by Crippen LogP contribution is -2.13. The molecular formula is C11H12FN5O. The predicted molar refractivity (Wildman–Crippen MR) is 63.4 cm³/mol. The molecule has 0 fully saturated rings. The van der Waals surface area contributed by atoms with Crippen LogP contribution in [-0.4, -0.2) is 27.0 Å². The van der Waals surface area contributed by atoms with Crippen molar-refractivity contribution in [2.75, 3.05) is 11.9 Å². The molecule has 0 aliphatic rings. The molecule has 3 N–H and O–H groups in total. The molecule has 0 aliphatic carbocycles. The van der Waals surface area contributed by atoms with Gasteiger partial charge in [0.15, 0.2) is 0 Å². The molecule has 0 spiro atoms. The first-order valence-corrected chi connectivity index (χ1v) is 5.34. The number of amides is 1. The number of carbonyl (C=O) groups is 1. The minimum Gasteiger partial charge on any atom is -0.335 e. The van der Waals surface area contributed by atoms with Crippen molar-refractivity contribution in [2.45, 2.75) is 6.54 Å². The molecular weight excluding hydrogens is 237 g/mol. The largest absolute Gasteiger partial charge is 0.335 e. The van der Waals surface area contributed by atoms with Crippen LogP contribution in [0.25, 0.3) is 0 Å². The Balaban J connectivity index is 2.04. The second kappa shape index (κ2) is 5.37. The van der Waals surface area contributed by atoms with Gasteiger partial charge in [-0.1, -0.05) is 0 Å². The fraction of sp³-hybridized carbons (Fsp3) is 0.182. The van der Waals surface area contributed by atoms with Crippen LogP contribution in [-0.2, 0) is 6.54 Å². The molecule has 0 saturated heterocycles. The molecule has 2 aromatic heterocycles. The highest BCUT2D eigenvalue weighted by atomic mass is 19.1. The number of hydrogen-bond acceptors (Lipinski definition) is 4. The van der Waals surface area contributed by atoms with Crippen molar-refractivity contribution in [3.05, 3.63) is 42.5 Å². The summed E-state index contributed by atoms with van der Waals surface area (Å²) >= 11 is 0. The summed E-state index contributed by atoms with van der Waals surface area (Å²) in [5, 5.41) is 2.57. The molecule has 0 saturated carbocycles. The molecule has 7 heteroatoms. The number of carbonyl (C=O) groups excluding carboxylic acids is 1. The number of anilines is 1. The van der Waals surface area contributed by atoms with Crippen molar-refractivity contribution in [3.63, 3.8) is 0 Å². The zero-order chi connectivity index (χ0) is 13.0. The van der Waals surface area contributed by atoms with Crippen molar-refractivity contribution < 1.29 is 9.18 Å². The molecule has 0 aromatic carbocycles. The van der Waals surface area contributed by atoms with Gasteiger partial charge in [0.25, 0.3) is 5.91 Å². The summed E-state index contributed by atoms with van der Waals surface area (Å²) in [5.41, 5.74) is 6.07. The van der Waals surface area contributed by atoms with E-state index >= 15 is 0 Å². The van der Waals surface area contributed by atoms with E-state index in [4.69, 9.17) is 5.73 Å². The third-order valence-corrected chi connectivity index (χ3v) is 2.24. The Morgan fingerprint density at radius 2 is 2.28 bits per heavy atom. The predicted octanol–water partition coefficient (Wildman–Crippen LogP) is 0.628. The van der Waals surface area contributed by atoms with Gasteiger partial charge in [-0.3, -0.25) is 4.79 Å². The number of halogens is 1. The fourth-order valence-electron chi connectivity index (χ4n) is 1.39. The molecule has 0 radical (unpaired) electrons. The minimum absolute atomic E-state index is 0.271. The molecule has 0 atom stereocenters. The summed E-state index contributed by atoms with van der Waals surface area (Å²) in [7, 11) is 0. The highest BCUT2D eigenvalue weighted by molar-refractivity contribution is 6.02. The van der Waals surface area contributed by atoms with Gasteiger partial charge in [-0.25, -0.2) is 9.97 Å². The van der Waals surface area contributed by atoms with E-state index in [1.54, 1.807) is 10.8 Å². The highest BCUT2D eigenvalue weighted by Gasteiger charge is 2.09. The number of nitrogens with one attached hydrogen (secondary N) is 1. The molecule has 0 unspecified atom stereocenters. The Morgan fingerprint density at radius 1 is 1.44 bits per heavy atom. The third kappa shape index (κ3) is 2.89. The first-order valence-electron chi connectivity index (χ1n) is 5.34. The lowest BCUT2D eigenvalue weighted by molar-refractivity contribution is 0.102. The molecule has 2 rings (SSSR count). The van der Waals surface area contributed by atoms with Crippen molar-refractivity contribution in [1.29, 1.82) is 0 Å². The number of aromatic nitrogens is 3. The van der Waals surface area contributed by atoms with Gasteiger partial charge in [-0.2, -0.15) is 4.39 Å². The quantitative estimate of drug-likeness (QED) is 0.778. The first-order chi connectivity index (χ1) is 8.69. The van der Waals surface area contributed by atoms with Crippen LogP contribution >= 0.6 is 0 Å². The average molecular weight is 249 g/mol. The maximum Gasteiger partial charge on any atom is 0.275 e. The van der Waals surface area contributed by atoms with Crippen LogP contribution in [0.4, 0.5) is 10.1 Å². The molecule has 0 aliphatic heterocycles. The zero-order valence-electron chi connectivity index (χ0n) is 9.51. The van der Waals surface area contributed by atoms with Crippen LogP contribution in [0, 0.1) is 5.95 Å². The Morgan fingerprint density at radius 3 is 2.94 bits per heavy atom. The SMILES string of the molecule is NCCn1cnc(C(=O)Nc2ccc(F)nc2)c1. The van der Waals surface area contributed by atoms with Gasteiger partial charge >= 0.3 is 0 Å². The summed E-state index contributed by atoms with van der Waals surface area (Å²) in [6.07, 6.45) is 4.37. The Labute approximate surface area is 103 Å². The summed E-state index contributed by atoms with van der Waals surface area (Å²) < 4.78 is 14.3. The van der Waals surface area contributed by atoms with E-state index in [9.17, 15) is 9.18 Å². The molecule has 0 bridgehead atoms. The van der Waals surface area contributed by atoms with Crippen LogP contribution in [0.5, 0.6) is 0 Å². The van der Waals surface area contributed by atoms with Gasteiger partial charge in [-0.05, 0) is 12.1 Å². The number of pyridine rings is 1. The van der Waals surface area contributed by atoms with Crippen LogP contribution < -0.4 is 11.1 Å². The monoisotopic (exact) mass is 249 g/mol.